The van der Waals surface area contributed by atoms with Gasteiger partial charge in [0.2, 0.25) is 17.0 Å². The fourth-order valence-electron chi connectivity index (χ4n) is 2.47. The second-order valence-corrected chi connectivity index (χ2v) is 8.29. The number of hydrogen-bond acceptors (Lipinski definition) is 6. The molecular formula is C22H26F2N6O5S. The molecule has 0 aliphatic heterocycles. The van der Waals surface area contributed by atoms with Crippen molar-refractivity contribution >= 4 is 40.7 Å². The maximum Gasteiger partial charge on any atom is 0.327 e. The van der Waals surface area contributed by atoms with Gasteiger partial charge >= 0.3 is 5.97 Å². The highest BCUT2D eigenvalue weighted by molar-refractivity contribution is 8.14. The molecule has 11 nitrogen and oxygen atoms in total. The van der Waals surface area contributed by atoms with Crippen LogP contribution in [0.5, 0.6) is 5.75 Å². The van der Waals surface area contributed by atoms with Gasteiger partial charge in [-0.3, -0.25) is 15.0 Å². The molecule has 0 radical (unpaired) electrons. The number of aromatic hydroxyl groups is 1. The molecular weight excluding hydrogens is 498 g/mol. The van der Waals surface area contributed by atoms with Crippen LogP contribution in [-0.2, 0) is 9.59 Å². The van der Waals surface area contributed by atoms with Crippen LogP contribution in [0.2, 0.25) is 0 Å². The zero-order valence-electron chi connectivity index (χ0n) is 19.6. The molecule has 8 N–H and O–H groups in total. The summed E-state index contributed by atoms with van der Waals surface area (Å²) < 4.78 is 27.0. The Labute approximate surface area is 209 Å². The SMILES string of the molecule is CC(=O)N[C@@H](CSC(=O)c1cc(-c2ccc(F)cc2F)ccc1O)C(=O)O.CN(C)C(=N)N=C(N)N. The fraction of sp³-hybridized carbons (Fsp3) is 0.227. The number of carbonyl (C=O) groups is 3. The second-order valence-electron chi connectivity index (χ2n) is 7.30. The molecule has 0 heterocycles. The first-order valence-electron chi connectivity index (χ1n) is 10.0. The molecule has 0 aromatic heterocycles. The topological polar surface area (TPSA) is 195 Å². The predicted octanol–water partition coefficient (Wildman–Crippen LogP) is 1.56. The quantitative estimate of drug-likeness (QED) is 0.240. The van der Waals surface area contributed by atoms with E-state index in [-0.39, 0.29) is 40.1 Å². The lowest BCUT2D eigenvalue weighted by Crippen LogP contribution is -2.41. The summed E-state index contributed by atoms with van der Waals surface area (Å²) in [4.78, 5) is 39.4. The molecule has 1 amide bonds. The van der Waals surface area contributed by atoms with E-state index in [2.05, 4.69) is 10.3 Å². The zero-order valence-corrected chi connectivity index (χ0v) is 20.4. The van der Waals surface area contributed by atoms with Gasteiger partial charge in [-0.2, -0.15) is 4.99 Å². The van der Waals surface area contributed by atoms with Crippen molar-refractivity contribution in [3.05, 3.63) is 53.6 Å². The molecule has 0 spiro atoms. The third-order valence-corrected chi connectivity index (χ3v) is 5.16. The summed E-state index contributed by atoms with van der Waals surface area (Å²) in [6.07, 6.45) is 0. The van der Waals surface area contributed by atoms with Gasteiger partial charge in [0.25, 0.3) is 0 Å². The van der Waals surface area contributed by atoms with Crippen molar-refractivity contribution in [1.82, 2.24) is 10.2 Å². The maximum absolute atomic E-state index is 13.9. The number of thioether (sulfide) groups is 1. The Bertz CT molecular complexity index is 1170. The van der Waals surface area contributed by atoms with Crippen molar-refractivity contribution in [1.29, 1.82) is 5.41 Å². The first kappa shape index (κ1) is 29.8. The van der Waals surface area contributed by atoms with E-state index in [1.165, 1.54) is 29.2 Å². The van der Waals surface area contributed by atoms with E-state index in [1.54, 1.807) is 14.1 Å². The number of phenols is 1. The number of nitrogens with one attached hydrogen (secondary N) is 2. The number of rotatable bonds is 6. The number of nitrogens with two attached hydrogens (primary N) is 2. The first-order valence-corrected chi connectivity index (χ1v) is 11.0. The van der Waals surface area contributed by atoms with Gasteiger partial charge in [-0.1, -0.05) is 17.8 Å². The van der Waals surface area contributed by atoms with Gasteiger partial charge in [0, 0.05) is 38.4 Å². The number of carboxylic acids is 1. The van der Waals surface area contributed by atoms with Gasteiger partial charge in [-0.05, 0) is 29.8 Å². The summed E-state index contributed by atoms with van der Waals surface area (Å²) in [6, 6.07) is 5.47. The van der Waals surface area contributed by atoms with Crippen LogP contribution in [-0.4, -0.2) is 69.9 Å². The molecule has 0 unspecified atom stereocenters. The predicted molar refractivity (Wildman–Crippen MR) is 133 cm³/mol. The summed E-state index contributed by atoms with van der Waals surface area (Å²) in [5.41, 5.74) is 10.1. The van der Waals surface area contributed by atoms with Crippen LogP contribution >= 0.6 is 11.8 Å². The minimum absolute atomic E-state index is 0.0390. The van der Waals surface area contributed by atoms with Crippen LogP contribution < -0.4 is 16.8 Å². The van der Waals surface area contributed by atoms with Gasteiger partial charge in [0.15, 0.2) is 5.96 Å². The van der Waals surface area contributed by atoms with E-state index in [9.17, 15) is 28.3 Å². The molecule has 0 saturated carbocycles. The van der Waals surface area contributed by atoms with Crippen LogP contribution in [0.1, 0.15) is 17.3 Å². The lowest BCUT2D eigenvalue weighted by atomic mass is 10.0. The average Bonchev–Trinajstić information content (AvgIpc) is 2.76. The molecule has 0 aliphatic carbocycles. The number of halogens is 2. The molecule has 0 aliphatic rings. The van der Waals surface area contributed by atoms with E-state index in [0.29, 0.717) is 17.8 Å². The van der Waals surface area contributed by atoms with Gasteiger partial charge < -0.3 is 31.9 Å². The first-order chi connectivity index (χ1) is 16.7. The van der Waals surface area contributed by atoms with Crippen molar-refractivity contribution in [3.63, 3.8) is 0 Å². The van der Waals surface area contributed by atoms with E-state index in [0.717, 1.165) is 13.0 Å². The molecule has 2 aromatic carbocycles. The smallest absolute Gasteiger partial charge is 0.327 e. The lowest BCUT2D eigenvalue weighted by molar-refractivity contribution is -0.140. The number of aliphatic imine (C=N–C) groups is 1. The van der Waals surface area contributed by atoms with Crippen LogP contribution in [0.4, 0.5) is 8.78 Å². The summed E-state index contributed by atoms with van der Waals surface area (Å²) in [5.74, 6) is -4.12. The third-order valence-electron chi connectivity index (χ3n) is 4.17. The number of amides is 1. The zero-order chi connectivity index (χ0) is 27.6. The van der Waals surface area contributed by atoms with Crippen LogP contribution in [0.25, 0.3) is 11.1 Å². The molecule has 0 fully saturated rings. The fourth-order valence-corrected chi connectivity index (χ4v) is 3.33. The summed E-state index contributed by atoms with van der Waals surface area (Å²) >= 11 is 0.584. The van der Waals surface area contributed by atoms with Crippen LogP contribution in [0.3, 0.4) is 0 Å². The Balaban J connectivity index is 0.000000613. The summed E-state index contributed by atoms with van der Waals surface area (Å²) in [7, 11) is 3.38. The number of guanidine groups is 2. The van der Waals surface area contributed by atoms with E-state index >= 15 is 0 Å². The molecule has 2 aromatic rings. The maximum atomic E-state index is 13.9. The lowest BCUT2D eigenvalue weighted by Gasteiger charge is -2.13. The molecule has 2 rings (SSSR count). The highest BCUT2D eigenvalue weighted by Gasteiger charge is 2.22. The Kier molecular flexibility index (Phi) is 11.3. The van der Waals surface area contributed by atoms with E-state index < -0.39 is 34.7 Å². The van der Waals surface area contributed by atoms with Crippen LogP contribution in [0.15, 0.2) is 41.4 Å². The van der Waals surface area contributed by atoms with Gasteiger partial charge in [-0.15, -0.1) is 0 Å². The highest BCUT2D eigenvalue weighted by atomic mass is 32.2. The minimum Gasteiger partial charge on any atom is -0.507 e. The Morgan fingerprint density at radius 2 is 1.81 bits per heavy atom. The molecule has 0 saturated heterocycles. The molecule has 14 heteroatoms. The van der Waals surface area contributed by atoms with E-state index in [4.69, 9.17) is 22.0 Å². The number of phenolic OH excluding ortho intramolecular Hbond substituents is 1. The van der Waals surface area contributed by atoms with Crippen molar-refractivity contribution < 1.29 is 33.4 Å². The van der Waals surface area contributed by atoms with Gasteiger partial charge in [-0.25, -0.2) is 13.6 Å². The highest BCUT2D eigenvalue weighted by Crippen LogP contribution is 2.30. The third kappa shape index (κ3) is 9.58. The number of hydrogen-bond donors (Lipinski definition) is 6. The number of aliphatic carboxylic acids is 1. The second kappa shape index (κ2) is 13.6. The molecule has 1 atom stereocenters. The van der Waals surface area contributed by atoms with Crippen molar-refractivity contribution in [3.8, 4) is 16.9 Å². The molecule has 0 bridgehead atoms. The van der Waals surface area contributed by atoms with Crippen molar-refractivity contribution in [2.24, 2.45) is 16.5 Å². The number of carboxylic acid groups (broad SMARTS) is 1. The normalized spacial score (nSPS) is 10.8. The average molecular weight is 525 g/mol. The number of benzene rings is 2. The van der Waals surface area contributed by atoms with Gasteiger partial charge in [0.05, 0.1) is 5.56 Å². The Morgan fingerprint density at radius 1 is 1.17 bits per heavy atom. The van der Waals surface area contributed by atoms with Crippen molar-refractivity contribution in [2.45, 2.75) is 13.0 Å². The van der Waals surface area contributed by atoms with E-state index in [1.807, 2.05) is 0 Å². The largest absolute Gasteiger partial charge is 0.507 e. The molecule has 194 valence electrons. The standard InChI is InChI=1S/C18H15F2NO5S.C4H11N5/c1-9(22)21-15(17(24)25)8-27-18(26)13-6-10(2-5-16(13)23)12-4-3-11(19)7-14(12)20;1-9(2)4(7)8-3(5)6/h2-7,15,23H,8H2,1H3,(H,21,22)(H,24,25);1-2H3,(H5,5,6,7,8)/t15-;/m0./s1. The van der Waals surface area contributed by atoms with Gasteiger partial charge in [0.1, 0.15) is 23.4 Å². The minimum atomic E-state index is -1.31. The number of nitrogens with zero attached hydrogens (tertiary/aromatic N) is 2. The number of carbonyl (C=O) groups excluding carboxylic acids is 2. The van der Waals surface area contributed by atoms with Crippen LogP contribution in [0, 0.1) is 17.0 Å². The monoisotopic (exact) mass is 524 g/mol. The summed E-state index contributed by atoms with van der Waals surface area (Å²) in [5, 5.41) is 27.5. The summed E-state index contributed by atoms with van der Waals surface area (Å²) in [6.45, 7) is 1.15. The van der Waals surface area contributed by atoms with Crippen molar-refractivity contribution in [2.75, 3.05) is 19.8 Å². The Hall–Kier alpha value is -4.20. The Morgan fingerprint density at radius 3 is 2.28 bits per heavy atom. The molecule has 36 heavy (non-hydrogen) atoms.